The van der Waals surface area contributed by atoms with Crippen molar-refractivity contribution in [3.05, 3.63) is 154 Å². The van der Waals surface area contributed by atoms with Gasteiger partial charge in [-0.2, -0.15) is 0 Å². The van der Waals surface area contributed by atoms with Gasteiger partial charge in [0, 0.05) is 80.3 Å². The van der Waals surface area contributed by atoms with Crippen LogP contribution in [0.3, 0.4) is 0 Å². The third kappa shape index (κ3) is 8.77. The van der Waals surface area contributed by atoms with Crippen molar-refractivity contribution >= 4 is 260 Å². The molecule has 0 atom stereocenters. The minimum Gasteiger partial charge on any atom is -0.655 e. The number of benzene rings is 4. The maximum atomic E-state index is 7.11. The molecule has 0 amide bonds. The maximum Gasteiger partial charge on any atom is 2.00 e. The normalized spacial score (nSPS) is 12.7. The predicted molar refractivity (Wildman–Crippen MR) is 301 cm³/mol. The Hall–Kier alpha value is 0.159. The number of hydrogen-bond acceptors (Lipinski definition) is 2. The molecule has 4 aromatic carbocycles. The van der Waals surface area contributed by atoms with E-state index >= 15 is 0 Å². The summed E-state index contributed by atoms with van der Waals surface area (Å²) in [7, 11) is 0. The van der Waals surface area contributed by atoms with E-state index in [-0.39, 0.29) is 17.1 Å². The Bertz CT molecular complexity index is 2980. The molecule has 0 saturated heterocycles. The smallest absolute Gasteiger partial charge is 0.655 e. The van der Waals surface area contributed by atoms with Crippen LogP contribution in [0.2, 0.25) is 40.2 Å². The van der Waals surface area contributed by atoms with Crippen LogP contribution in [0.5, 0.6) is 0 Å². The molecule has 328 valence electrons. The van der Waals surface area contributed by atoms with E-state index in [1.54, 1.807) is 72.8 Å². The molecule has 4 nitrogen and oxygen atoms in total. The monoisotopic (exact) mass is 1560 g/mol. The Morgan fingerprint density at radius 3 is 0.631 bits per heavy atom. The SMILES string of the molecule is Clc1cccc(Cl)c1-c1c2nc(c(-c3c(Cl)cccc3Cl)c3[n-]c(c(Br)c3Br)c(-c3c(Cl)cccc3Cl)c3nc(c(-c4c(Cl)cccc4Cl)c4[n-]c1c(Br)c4Br)C(Br)=C3Br)C(Br)=C2Br.[Fe+2]. The first kappa shape index (κ1) is 51.5. The zero-order valence-electron chi connectivity index (χ0n) is 31.1. The van der Waals surface area contributed by atoms with Gasteiger partial charge >= 0.3 is 17.1 Å². The first-order valence-corrected chi connectivity index (χ1v) is 27.2. The van der Waals surface area contributed by atoms with Crippen LogP contribution in [0, 0.1) is 0 Å². The molecule has 21 heteroatoms. The van der Waals surface area contributed by atoms with Gasteiger partial charge in [0.2, 0.25) is 0 Å². The van der Waals surface area contributed by atoms with Crippen LogP contribution < -0.4 is 9.97 Å². The molecule has 0 spiro atoms. The van der Waals surface area contributed by atoms with Crippen molar-refractivity contribution in [1.82, 2.24) is 19.9 Å². The quantitative estimate of drug-likeness (QED) is 0.165. The molecular weight excluding hydrogens is 1560 g/mol. The van der Waals surface area contributed by atoms with Gasteiger partial charge in [-0.3, -0.25) is 0 Å². The number of rotatable bonds is 4. The first-order valence-electron chi connectivity index (χ1n) is 17.8. The second kappa shape index (κ2) is 20.3. The number of halogens is 16. The van der Waals surface area contributed by atoms with Gasteiger partial charge in [0.15, 0.2) is 0 Å². The number of fused-ring (bicyclic) bond motifs is 8. The standard InChI is InChI=1S/C44H12Br8Cl8N4.Fe/c45-29-31(47)39-26(22-15(55)7-2-8-16(22)56)41-33(49)35(51)43(63-41)28(24-19(59)11-4-12-20(24)60)44-36(52)34(50)42(64-44)27(23-17(57)9-3-10-18(23)58)40-32(48)30(46)38(62-40)25(37(29)61-39)21-13(53)5-1-6-14(21)54;/h1-12H;/q-2;+2. The number of nitrogens with zero attached hydrogens (tertiary/aromatic N) is 4. The molecule has 8 bridgehead atoms. The maximum absolute atomic E-state index is 7.11. The van der Waals surface area contributed by atoms with E-state index in [1.165, 1.54) is 0 Å². The summed E-state index contributed by atoms with van der Waals surface area (Å²) < 4.78 is 4.19. The summed E-state index contributed by atoms with van der Waals surface area (Å²) >= 11 is 88.1. The van der Waals surface area contributed by atoms with Gasteiger partial charge in [-0.1, -0.05) is 181 Å². The Kier molecular flexibility index (Phi) is 16.1. The number of hydrogen-bond donors (Lipinski definition) is 0. The summed E-state index contributed by atoms with van der Waals surface area (Å²) in [6, 6.07) is 21.0. The van der Waals surface area contributed by atoms with Gasteiger partial charge in [0.05, 0.1) is 40.7 Å². The zero-order chi connectivity index (χ0) is 45.8. The molecule has 65 heavy (non-hydrogen) atoms. The summed E-state index contributed by atoms with van der Waals surface area (Å²) in [5, 5.41) is 2.65. The van der Waals surface area contributed by atoms with Crippen molar-refractivity contribution in [3.8, 4) is 44.5 Å². The van der Waals surface area contributed by atoms with Crippen LogP contribution in [-0.2, 0) is 17.1 Å². The first-order chi connectivity index (χ1) is 30.4. The van der Waals surface area contributed by atoms with Crippen molar-refractivity contribution in [3.63, 3.8) is 0 Å². The van der Waals surface area contributed by atoms with E-state index in [1.807, 2.05) is 0 Å². The fraction of sp³-hybridized carbons (Fsp3) is 0. The molecule has 0 N–H and O–H groups in total. The number of aromatic nitrogens is 4. The summed E-state index contributed by atoms with van der Waals surface area (Å²) in [5.41, 5.74) is 6.76. The van der Waals surface area contributed by atoms with E-state index in [0.717, 1.165) is 0 Å². The molecule has 0 fully saturated rings. The van der Waals surface area contributed by atoms with E-state index in [9.17, 15) is 0 Å². The van der Waals surface area contributed by atoms with Crippen LogP contribution in [0.15, 0.2) is 90.7 Å². The Morgan fingerprint density at radius 1 is 0.292 bits per heavy atom. The van der Waals surface area contributed by atoms with Crippen LogP contribution in [-0.4, -0.2) is 9.97 Å². The largest absolute Gasteiger partial charge is 2.00 e. The second-order valence-corrected chi connectivity index (χ2v) is 23.2. The van der Waals surface area contributed by atoms with Gasteiger partial charge in [-0.25, -0.2) is 9.97 Å². The zero-order valence-corrected chi connectivity index (χ0v) is 51.0. The summed E-state index contributed by atoms with van der Waals surface area (Å²) in [6.07, 6.45) is 0. The fourth-order valence-electron chi connectivity index (χ4n) is 7.34. The topological polar surface area (TPSA) is 54.0 Å². The van der Waals surface area contributed by atoms with E-state index in [0.29, 0.717) is 165 Å². The van der Waals surface area contributed by atoms with Crippen LogP contribution in [0.1, 0.15) is 22.8 Å². The molecule has 7 aromatic rings. The molecule has 2 aliphatic heterocycles. The molecule has 5 heterocycles. The fourth-order valence-corrected chi connectivity index (χ4v) is 13.5. The van der Waals surface area contributed by atoms with Gasteiger partial charge in [-0.05, 0) is 135 Å². The van der Waals surface area contributed by atoms with Gasteiger partial charge in [0.25, 0.3) is 0 Å². The molecule has 9 rings (SSSR count). The second-order valence-electron chi connectivity index (χ2n) is 13.6. The van der Waals surface area contributed by atoms with Crippen molar-refractivity contribution in [2.75, 3.05) is 0 Å². The molecule has 0 aliphatic carbocycles. The van der Waals surface area contributed by atoms with Gasteiger partial charge in [0.1, 0.15) is 0 Å². The van der Waals surface area contributed by atoms with Crippen molar-refractivity contribution < 1.29 is 17.1 Å². The minimum absolute atomic E-state index is 0. The molecular formula is C44H12Br8Cl8FeN4. The van der Waals surface area contributed by atoms with Crippen molar-refractivity contribution in [2.24, 2.45) is 0 Å². The molecule has 0 radical (unpaired) electrons. The Balaban J connectivity index is 0.00000576. The summed E-state index contributed by atoms with van der Waals surface area (Å²) in [4.78, 5) is 21.6. The third-order valence-electron chi connectivity index (χ3n) is 10.1. The average molecular weight is 1580 g/mol. The van der Waals surface area contributed by atoms with Crippen LogP contribution >= 0.6 is 220 Å². The third-order valence-corrected chi connectivity index (χ3v) is 20.9. The van der Waals surface area contributed by atoms with E-state index in [2.05, 4.69) is 127 Å². The van der Waals surface area contributed by atoms with E-state index < -0.39 is 0 Å². The van der Waals surface area contributed by atoms with Crippen molar-refractivity contribution in [2.45, 2.75) is 0 Å². The molecule has 0 unspecified atom stereocenters. The Labute approximate surface area is 488 Å². The average Bonchev–Trinajstić information content (AvgIpc) is 3.91. The van der Waals surface area contributed by atoms with Gasteiger partial charge in [-0.15, -0.1) is 22.1 Å². The minimum atomic E-state index is 0. The molecule has 3 aromatic heterocycles. The summed E-state index contributed by atoms with van der Waals surface area (Å²) in [6.45, 7) is 0. The summed E-state index contributed by atoms with van der Waals surface area (Å²) in [5.74, 6) is 0. The Morgan fingerprint density at radius 2 is 0.462 bits per heavy atom. The van der Waals surface area contributed by atoms with Crippen LogP contribution in [0.4, 0.5) is 0 Å². The van der Waals surface area contributed by atoms with E-state index in [4.69, 9.17) is 113 Å². The predicted octanol–water partition coefficient (Wildman–Crippen LogP) is 21.7. The van der Waals surface area contributed by atoms with Crippen molar-refractivity contribution in [1.29, 1.82) is 0 Å². The molecule has 0 saturated carbocycles. The molecule has 2 aliphatic rings. The van der Waals surface area contributed by atoms with Gasteiger partial charge < -0.3 is 9.97 Å². The van der Waals surface area contributed by atoms with Crippen LogP contribution in [0.25, 0.3) is 84.5 Å².